The monoisotopic (exact) mass is 299 g/mol. The summed E-state index contributed by atoms with van der Waals surface area (Å²) in [6, 6.07) is 11.2. The van der Waals surface area contributed by atoms with Gasteiger partial charge in [-0.15, -0.1) is 0 Å². The number of nitrogens with zero attached hydrogens (tertiary/aromatic N) is 1. The number of rotatable bonds is 6. The normalized spacial score (nSPS) is 10.1. The summed E-state index contributed by atoms with van der Waals surface area (Å²) in [4.78, 5) is 15.8. The number of aromatic nitrogens is 1. The maximum absolute atomic E-state index is 11.7. The lowest BCUT2D eigenvalue weighted by Gasteiger charge is -2.09. The third-order valence-electron chi connectivity index (χ3n) is 3.09. The SMILES string of the molecule is CCCc1ccc(OCNC(=O)Nc2ccc(C)cn2)cc1. The van der Waals surface area contributed by atoms with Crippen LogP contribution >= 0.6 is 0 Å². The number of hydrogen-bond donors (Lipinski definition) is 2. The smallest absolute Gasteiger partial charge is 0.323 e. The number of ether oxygens (including phenoxy) is 1. The van der Waals surface area contributed by atoms with E-state index in [-0.39, 0.29) is 12.8 Å². The molecule has 1 aromatic heterocycles. The Labute approximate surface area is 130 Å². The highest BCUT2D eigenvalue weighted by Gasteiger charge is 2.02. The summed E-state index contributed by atoms with van der Waals surface area (Å²) in [6.45, 7) is 4.19. The van der Waals surface area contributed by atoms with Gasteiger partial charge in [-0.3, -0.25) is 5.32 Å². The first-order valence-electron chi connectivity index (χ1n) is 7.36. The van der Waals surface area contributed by atoms with E-state index in [9.17, 15) is 4.79 Å². The zero-order valence-corrected chi connectivity index (χ0v) is 12.9. The van der Waals surface area contributed by atoms with Crippen LogP contribution in [-0.2, 0) is 6.42 Å². The molecular formula is C17H21N3O2. The van der Waals surface area contributed by atoms with Crippen molar-refractivity contribution < 1.29 is 9.53 Å². The Bertz CT molecular complexity index is 594. The summed E-state index contributed by atoms with van der Waals surface area (Å²) >= 11 is 0. The number of aryl methyl sites for hydroxylation is 2. The van der Waals surface area contributed by atoms with Crippen molar-refractivity contribution in [3.8, 4) is 5.75 Å². The molecule has 0 saturated heterocycles. The van der Waals surface area contributed by atoms with E-state index in [0.717, 1.165) is 24.2 Å². The molecule has 0 fully saturated rings. The topological polar surface area (TPSA) is 63.2 Å². The largest absolute Gasteiger partial charge is 0.473 e. The van der Waals surface area contributed by atoms with Gasteiger partial charge >= 0.3 is 6.03 Å². The molecule has 2 rings (SSSR count). The Kier molecular flexibility index (Phi) is 5.77. The Balaban J connectivity index is 1.73. The number of carbonyl (C=O) groups is 1. The van der Waals surface area contributed by atoms with Crippen molar-refractivity contribution in [2.24, 2.45) is 0 Å². The van der Waals surface area contributed by atoms with E-state index in [1.165, 1.54) is 5.56 Å². The molecule has 0 unspecified atom stereocenters. The van der Waals surface area contributed by atoms with Crippen LogP contribution < -0.4 is 15.4 Å². The molecule has 0 bridgehead atoms. The average Bonchev–Trinajstić information content (AvgIpc) is 2.52. The molecule has 0 aliphatic rings. The molecule has 5 heteroatoms. The number of urea groups is 1. The zero-order chi connectivity index (χ0) is 15.8. The zero-order valence-electron chi connectivity index (χ0n) is 12.9. The van der Waals surface area contributed by atoms with Gasteiger partial charge in [0.2, 0.25) is 0 Å². The first kappa shape index (κ1) is 15.8. The minimum Gasteiger partial charge on any atom is -0.473 e. The van der Waals surface area contributed by atoms with Gasteiger partial charge in [0.25, 0.3) is 0 Å². The lowest BCUT2D eigenvalue weighted by atomic mass is 10.1. The van der Waals surface area contributed by atoms with Crippen molar-refractivity contribution in [1.29, 1.82) is 0 Å². The van der Waals surface area contributed by atoms with Gasteiger partial charge < -0.3 is 10.1 Å². The molecule has 1 aromatic carbocycles. The predicted octanol–water partition coefficient (Wildman–Crippen LogP) is 3.50. The van der Waals surface area contributed by atoms with Crippen molar-refractivity contribution in [1.82, 2.24) is 10.3 Å². The standard InChI is InChI=1S/C17H21N3O2/c1-3-4-14-6-8-15(9-7-14)22-12-19-17(21)20-16-10-5-13(2)11-18-16/h5-11H,3-4,12H2,1-2H3,(H2,18,19,20,21). The number of pyridine rings is 1. The van der Waals surface area contributed by atoms with Crippen LogP contribution in [0.1, 0.15) is 24.5 Å². The van der Waals surface area contributed by atoms with Crippen molar-refractivity contribution in [3.63, 3.8) is 0 Å². The molecular weight excluding hydrogens is 278 g/mol. The van der Waals surface area contributed by atoms with Crippen molar-refractivity contribution in [3.05, 3.63) is 53.7 Å². The molecule has 5 nitrogen and oxygen atoms in total. The number of amides is 2. The van der Waals surface area contributed by atoms with Crippen LogP contribution in [0.2, 0.25) is 0 Å². The van der Waals surface area contributed by atoms with Gasteiger partial charge in [-0.2, -0.15) is 0 Å². The minimum atomic E-state index is -0.348. The molecule has 2 amide bonds. The van der Waals surface area contributed by atoms with Gasteiger partial charge in [-0.1, -0.05) is 31.5 Å². The van der Waals surface area contributed by atoms with E-state index in [1.807, 2.05) is 37.3 Å². The molecule has 0 aliphatic heterocycles. The Hall–Kier alpha value is -2.56. The van der Waals surface area contributed by atoms with Gasteiger partial charge in [0.1, 0.15) is 11.6 Å². The van der Waals surface area contributed by atoms with Crippen LogP contribution in [0.4, 0.5) is 10.6 Å². The molecule has 0 aliphatic carbocycles. The molecule has 2 N–H and O–H groups in total. The maximum atomic E-state index is 11.7. The Morgan fingerprint density at radius 3 is 2.59 bits per heavy atom. The highest BCUT2D eigenvalue weighted by Crippen LogP contribution is 2.12. The molecule has 0 radical (unpaired) electrons. The number of nitrogens with one attached hydrogen (secondary N) is 2. The van der Waals surface area contributed by atoms with Crippen LogP contribution in [0, 0.1) is 6.92 Å². The summed E-state index contributed by atoms with van der Waals surface area (Å²) in [5.74, 6) is 1.24. The first-order chi connectivity index (χ1) is 10.7. The summed E-state index contributed by atoms with van der Waals surface area (Å²) in [5.41, 5.74) is 2.33. The summed E-state index contributed by atoms with van der Waals surface area (Å²) < 4.78 is 5.47. The predicted molar refractivity (Wildman–Crippen MR) is 87.1 cm³/mol. The third kappa shape index (κ3) is 5.09. The molecule has 0 atom stereocenters. The lowest BCUT2D eigenvalue weighted by Crippen LogP contribution is -2.32. The Morgan fingerprint density at radius 2 is 1.95 bits per heavy atom. The quantitative estimate of drug-likeness (QED) is 0.802. The molecule has 0 spiro atoms. The second kappa shape index (κ2) is 8.02. The molecule has 2 aromatic rings. The van der Waals surface area contributed by atoms with Crippen molar-refractivity contribution >= 4 is 11.8 Å². The highest BCUT2D eigenvalue weighted by molar-refractivity contribution is 5.88. The van der Waals surface area contributed by atoms with Crippen molar-refractivity contribution in [2.45, 2.75) is 26.7 Å². The summed E-state index contributed by atoms with van der Waals surface area (Å²) in [6.07, 6.45) is 3.88. The van der Waals surface area contributed by atoms with E-state index in [1.54, 1.807) is 12.3 Å². The molecule has 1 heterocycles. The Morgan fingerprint density at radius 1 is 1.18 bits per heavy atom. The van der Waals surface area contributed by atoms with Gasteiger partial charge in [-0.05, 0) is 42.7 Å². The number of benzene rings is 1. The van der Waals surface area contributed by atoms with Crippen LogP contribution in [0.25, 0.3) is 0 Å². The fraction of sp³-hybridized carbons (Fsp3) is 0.294. The van der Waals surface area contributed by atoms with Crippen LogP contribution in [-0.4, -0.2) is 17.7 Å². The van der Waals surface area contributed by atoms with Crippen molar-refractivity contribution in [2.75, 3.05) is 12.0 Å². The summed E-state index contributed by atoms with van der Waals surface area (Å²) in [7, 11) is 0. The molecule has 116 valence electrons. The minimum absolute atomic E-state index is 0.102. The number of anilines is 1. The highest BCUT2D eigenvalue weighted by atomic mass is 16.5. The third-order valence-corrected chi connectivity index (χ3v) is 3.09. The van der Waals surface area contributed by atoms with E-state index < -0.39 is 0 Å². The average molecular weight is 299 g/mol. The lowest BCUT2D eigenvalue weighted by molar-refractivity contribution is 0.234. The molecule has 22 heavy (non-hydrogen) atoms. The summed E-state index contributed by atoms with van der Waals surface area (Å²) in [5, 5.41) is 5.26. The van der Waals surface area contributed by atoms with E-state index in [4.69, 9.17) is 4.74 Å². The van der Waals surface area contributed by atoms with E-state index in [0.29, 0.717) is 5.82 Å². The first-order valence-corrected chi connectivity index (χ1v) is 7.36. The van der Waals surface area contributed by atoms with Crippen LogP contribution in [0.5, 0.6) is 5.75 Å². The van der Waals surface area contributed by atoms with Gasteiger partial charge in [-0.25, -0.2) is 9.78 Å². The van der Waals surface area contributed by atoms with E-state index in [2.05, 4.69) is 22.5 Å². The second-order valence-corrected chi connectivity index (χ2v) is 5.03. The van der Waals surface area contributed by atoms with E-state index >= 15 is 0 Å². The van der Waals surface area contributed by atoms with Crippen LogP contribution in [0.15, 0.2) is 42.6 Å². The fourth-order valence-electron chi connectivity index (χ4n) is 1.93. The second-order valence-electron chi connectivity index (χ2n) is 5.03. The van der Waals surface area contributed by atoms with Crippen LogP contribution in [0.3, 0.4) is 0 Å². The maximum Gasteiger partial charge on any atom is 0.323 e. The number of carbonyl (C=O) groups excluding carboxylic acids is 1. The van der Waals surface area contributed by atoms with Gasteiger partial charge in [0.15, 0.2) is 6.73 Å². The fourth-order valence-corrected chi connectivity index (χ4v) is 1.93. The molecule has 0 saturated carbocycles. The van der Waals surface area contributed by atoms with Gasteiger partial charge in [0.05, 0.1) is 0 Å². The number of hydrogen-bond acceptors (Lipinski definition) is 3. The van der Waals surface area contributed by atoms with Gasteiger partial charge in [0, 0.05) is 6.20 Å².